The molecule has 1 atom stereocenters. The molecule has 2 aromatic rings. The smallest absolute Gasteiger partial charge is 0.279 e. The Bertz CT molecular complexity index is 776. The van der Waals surface area contributed by atoms with Gasteiger partial charge >= 0.3 is 0 Å². The molecule has 0 aromatic heterocycles. The van der Waals surface area contributed by atoms with Gasteiger partial charge in [-0.15, -0.1) is 0 Å². The summed E-state index contributed by atoms with van der Waals surface area (Å²) < 4.78 is 11.0. The first-order chi connectivity index (χ1) is 13.4. The van der Waals surface area contributed by atoms with Crippen LogP contribution in [0.3, 0.4) is 0 Å². The van der Waals surface area contributed by atoms with Crippen LogP contribution in [-0.2, 0) is 4.79 Å². The van der Waals surface area contributed by atoms with E-state index in [0.29, 0.717) is 23.4 Å². The standard InChI is InChI=1S/C21H27N3O3S/c1-5-26-18-10-12-19(13-11-18)27-15(4)20(25)23-24-21(28)22-17-8-6-16(7-9-17)14(2)3/h6-15H,5H2,1-4H3,(H,23,25)(H2,22,24,28)/t15-/m0/s1. The van der Waals surface area contributed by atoms with Crippen molar-refractivity contribution < 1.29 is 14.3 Å². The van der Waals surface area contributed by atoms with E-state index in [9.17, 15) is 4.79 Å². The van der Waals surface area contributed by atoms with Crippen molar-refractivity contribution in [3.63, 3.8) is 0 Å². The molecule has 0 bridgehead atoms. The van der Waals surface area contributed by atoms with Crippen LogP contribution in [-0.4, -0.2) is 23.7 Å². The summed E-state index contributed by atoms with van der Waals surface area (Å²) in [6.45, 7) is 8.46. The predicted octanol–water partition coefficient (Wildman–Crippen LogP) is 3.99. The zero-order valence-corrected chi connectivity index (χ0v) is 17.4. The van der Waals surface area contributed by atoms with Crippen LogP contribution in [0.4, 0.5) is 5.69 Å². The van der Waals surface area contributed by atoms with Crippen molar-refractivity contribution in [2.75, 3.05) is 11.9 Å². The van der Waals surface area contributed by atoms with Gasteiger partial charge in [0.2, 0.25) is 0 Å². The van der Waals surface area contributed by atoms with Crippen LogP contribution in [0, 0.1) is 0 Å². The first kappa shape index (κ1) is 21.5. The monoisotopic (exact) mass is 401 g/mol. The minimum atomic E-state index is -0.696. The van der Waals surface area contributed by atoms with Crippen molar-refractivity contribution in [1.29, 1.82) is 0 Å². The second kappa shape index (κ2) is 10.5. The van der Waals surface area contributed by atoms with Gasteiger partial charge in [-0.1, -0.05) is 26.0 Å². The molecule has 0 fully saturated rings. The summed E-state index contributed by atoms with van der Waals surface area (Å²) in [6, 6.07) is 15.1. The number of anilines is 1. The molecule has 0 heterocycles. The van der Waals surface area contributed by atoms with Gasteiger partial charge in [-0.25, -0.2) is 0 Å². The van der Waals surface area contributed by atoms with Crippen LogP contribution in [0.1, 0.15) is 39.2 Å². The van der Waals surface area contributed by atoms with Crippen LogP contribution in [0.15, 0.2) is 48.5 Å². The molecule has 0 saturated carbocycles. The molecule has 28 heavy (non-hydrogen) atoms. The fourth-order valence-electron chi connectivity index (χ4n) is 2.37. The molecule has 0 saturated heterocycles. The molecule has 0 unspecified atom stereocenters. The minimum absolute atomic E-state index is 0.291. The Morgan fingerprint density at radius 2 is 1.57 bits per heavy atom. The number of thiocarbonyl (C=S) groups is 1. The lowest BCUT2D eigenvalue weighted by molar-refractivity contribution is -0.127. The van der Waals surface area contributed by atoms with Gasteiger partial charge in [0.05, 0.1) is 6.61 Å². The van der Waals surface area contributed by atoms with E-state index in [2.05, 4.69) is 30.0 Å². The molecule has 0 aliphatic carbocycles. The summed E-state index contributed by atoms with van der Waals surface area (Å²) in [5.74, 6) is 1.46. The Morgan fingerprint density at radius 1 is 0.964 bits per heavy atom. The molecule has 150 valence electrons. The Hall–Kier alpha value is -2.80. The summed E-state index contributed by atoms with van der Waals surface area (Å²) in [7, 11) is 0. The molecule has 2 aromatic carbocycles. The maximum absolute atomic E-state index is 12.2. The van der Waals surface area contributed by atoms with Crippen molar-refractivity contribution in [1.82, 2.24) is 10.9 Å². The molecule has 0 radical (unpaired) electrons. The van der Waals surface area contributed by atoms with Crippen LogP contribution in [0.2, 0.25) is 0 Å². The van der Waals surface area contributed by atoms with Gasteiger partial charge in [-0.05, 0) is 73.9 Å². The molecule has 1 amide bonds. The average Bonchev–Trinajstić information content (AvgIpc) is 2.68. The van der Waals surface area contributed by atoms with E-state index >= 15 is 0 Å². The fourth-order valence-corrected chi connectivity index (χ4v) is 2.54. The van der Waals surface area contributed by atoms with Gasteiger partial charge in [-0.2, -0.15) is 0 Å². The van der Waals surface area contributed by atoms with Crippen molar-refractivity contribution in [2.45, 2.75) is 39.7 Å². The van der Waals surface area contributed by atoms with E-state index < -0.39 is 6.10 Å². The second-order valence-electron chi connectivity index (χ2n) is 6.51. The third-order valence-electron chi connectivity index (χ3n) is 3.95. The van der Waals surface area contributed by atoms with E-state index in [-0.39, 0.29) is 5.91 Å². The Labute approximate surface area is 171 Å². The number of nitrogens with one attached hydrogen (secondary N) is 3. The molecule has 0 aliphatic heterocycles. The van der Waals surface area contributed by atoms with Gasteiger partial charge in [0.15, 0.2) is 11.2 Å². The summed E-state index contributed by atoms with van der Waals surface area (Å²) >= 11 is 5.20. The number of ether oxygens (including phenoxy) is 2. The first-order valence-corrected chi connectivity index (χ1v) is 9.66. The predicted molar refractivity (Wildman–Crippen MR) is 116 cm³/mol. The highest BCUT2D eigenvalue weighted by Gasteiger charge is 2.15. The number of hydrogen-bond donors (Lipinski definition) is 3. The van der Waals surface area contributed by atoms with Gasteiger partial charge in [-0.3, -0.25) is 15.6 Å². The minimum Gasteiger partial charge on any atom is -0.494 e. The van der Waals surface area contributed by atoms with E-state index in [1.807, 2.05) is 31.2 Å². The van der Waals surface area contributed by atoms with E-state index in [0.717, 1.165) is 11.4 Å². The van der Waals surface area contributed by atoms with Crippen LogP contribution < -0.4 is 25.6 Å². The lowest BCUT2D eigenvalue weighted by atomic mass is 10.0. The fraction of sp³-hybridized carbons (Fsp3) is 0.333. The number of amides is 1. The third-order valence-corrected chi connectivity index (χ3v) is 4.16. The lowest BCUT2D eigenvalue weighted by Crippen LogP contribution is -2.48. The summed E-state index contributed by atoms with van der Waals surface area (Å²) in [4.78, 5) is 12.2. The Morgan fingerprint density at radius 3 is 2.14 bits per heavy atom. The highest BCUT2D eigenvalue weighted by Crippen LogP contribution is 2.19. The largest absolute Gasteiger partial charge is 0.494 e. The second-order valence-corrected chi connectivity index (χ2v) is 6.92. The van der Waals surface area contributed by atoms with Crippen molar-refractivity contribution in [2.24, 2.45) is 0 Å². The number of benzene rings is 2. The lowest BCUT2D eigenvalue weighted by Gasteiger charge is -2.17. The quantitative estimate of drug-likeness (QED) is 0.481. The topological polar surface area (TPSA) is 71.6 Å². The molecule has 0 aliphatic rings. The maximum Gasteiger partial charge on any atom is 0.279 e. The van der Waals surface area contributed by atoms with Crippen LogP contribution in [0.5, 0.6) is 11.5 Å². The third kappa shape index (κ3) is 6.74. The number of carbonyl (C=O) groups excluding carboxylic acids is 1. The van der Waals surface area contributed by atoms with Crippen molar-refractivity contribution in [3.05, 3.63) is 54.1 Å². The zero-order chi connectivity index (χ0) is 20.5. The van der Waals surface area contributed by atoms with Gasteiger partial charge in [0, 0.05) is 5.69 Å². The van der Waals surface area contributed by atoms with Crippen molar-refractivity contribution >= 4 is 28.9 Å². The van der Waals surface area contributed by atoms with Crippen LogP contribution >= 0.6 is 12.2 Å². The first-order valence-electron chi connectivity index (χ1n) is 9.25. The Balaban J connectivity index is 1.77. The molecule has 7 heteroatoms. The normalized spacial score (nSPS) is 11.5. The molecule has 0 spiro atoms. The highest BCUT2D eigenvalue weighted by molar-refractivity contribution is 7.80. The molecular formula is C21H27N3O3S. The van der Waals surface area contributed by atoms with E-state index in [1.54, 1.807) is 31.2 Å². The van der Waals surface area contributed by atoms with Crippen molar-refractivity contribution in [3.8, 4) is 11.5 Å². The average molecular weight is 402 g/mol. The number of hydrogen-bond acceptors (Lipinski definition) is 4. The molecule has 2 rings (SSSR count). The molecule has 3 N–H and O–H groups in total. The van der Waals surface area contributed by atoms with E-state index in [4.69, 9.17) is 21.7 Å². The van der Waals surface area contributed by atoms with Gasteiger partial charge < -0.3 is 14.8 Å². The highest BCUT2D eigenvalue weighted by atomic mass is 32.1. The summed E-state index contributed by atoms with van der Waals surface area (Å²) in [5.41, 5.74) is 7.31. The number of carbonyl (C=O) groups is 1. The Kier molecular flexibility index (Phi) is 8.07. The molecular weight excluding hydrogens is 374 g/mol. The maximum atomic E-state index is 12.2. The SMILES string of the molecule is CCOc1ccc(O[C@@H](C)C(=O)NNC(=S)Nc2ccc(C(C)C)cc2)cc1. The van der Waals surface area contributed by atoms with Gasteiger partial charge in [0.1, 0.15) is 11.5 Å². The zero-order valence-electron chi connectivity index (χ0n) is 16.6. The van der Waals surface area contributed by atoms with Crippen LogP contribution in [0.25, 0.3) is 0 Å². The number of hydrazine groups is 1. The molecule has 6 nitrogen and oxygen atoms in total. The van der Waals surface area contributed by atoms with Gasteiger partial charge in [0.25, 0.3) is 5.91 Å². The summed E-state index contributed by atoms with van der Waals surface area (Å²) in [5, 5.41) is 3.31. The summed E-state index contributed by atoms with van der Waals surface area (Å²) in [6.07, 6.45) is -0.696. The number of rotatable bonds is 7. The van der Waals surface area contributed by atoms with E-state index in [1.165, 1.54) is 5.56 Å².